The van der Waals surface area contributed by atoms with Crippen LogP contribution in [0.3, 0.4) is 0 Å². The van der Waals surface area contributed by atoms with Crippen LogP contribution in [0.1, 0.15) is 66.0 Å². The van der Waals surface area contributed by atoms with E-state index in [2.05, 4.69) is 17.4 Å². The molecule has 1 atom stereocenters. The molecular weight excluding hydrogens is 526 g/mol. The zero-order valence-corrected chi connectivity index (χ0v) is 23.8. The number of hydrogen-bond acceptors (Lipinski definition) is 7. The number of sulfone groups is 1. The molecule has 40 heavy (non-hydrogen) atoms. The number of aromatic hydroxyl groups is 1. The van der Waals surface area contributed by atoms with Gasteiger partial charge >= 0.3 is 0 Å². The largest absolute Gasteiger partial charge is 0.508 e. The van der Waals surface area contributed by atoms with Crippen LogP contribution in [0.25, 0.3) is 0 Å². The minimum Gasteiger partial charge on any atom is -0.508 e. The summed E-state index contributed by atoms with van der Waals surface area (Å²) in [5.41, 5.74) is 4.46. The first kappa shape index (κ1) is 30.2. The van der Waals surface area contributed by atoms with Gasteiger partial charge in [-0.25, -0.2) is 8.42 Å². The second-order valence-corrected chi connectivity index (χ2v) is 12.8. The van der Waals surface area contributed by atoms with Crippen molar-refractivity contribution in [1.82, 2.24) is 5.32 Å². The fourth-order valence-electron chi connectivity index (χ4n) is 5.21. The average Bonchev–Trinajstić information content (AvgIpc) is 3.52. The summed E-state index contributed by atoms with van der Waals surface area (Å²) < 4.78 is 31.4. The predicted octanol–water partition coefficient (Wildman–Crippen LogP) is 4.62. The van der Waals surface area contributed by atoms with Crippen molar-refractivity contribution in [3.63, 3.8) is 0 Å². The summed E-state index contributed by atoms with van der Waals surface area (Å²) in [7, 11) is -3.20. The Bertz CT molecular complexity index is 1320. The molecule has 3 aromatic carbocycles. The van der Waals surface area contributed by atoms with Gasteiger partial charge in [-0.1, -0.05) is 55.3 Å². The summed E-state index contributed by atoms with van der Waals surface area (Å²) in [5.74, 6) is 0.0223. The summed E-state index contributed by atoms with van der Waals surface area (Å²) in [5, 5.41) is 32.4. The van der Waals surface area contributed by atoms with Crippen molar-refractivity contribution in [3.05, 3.63) is 94.5 Å². The molecule has 8 heteroatoms. The van der Waals surface area contributed by atoms with Crippen LogP contribution in [-0.4, -0.2) is 48.7 Å². The summed E-state index contributed by atoms with van der Waals surface area (Å²) in [6, 6.07) is 20.4. The van der Waals surface area contributed by atoms with Gasteiger partial charge in [0, 0.05) is 18.7 Å². The molecule has 3 aromatic rings. The highest BCUT2D eigenvalue weighted by Crippen LogP contribution is 2.29. The highest BCUT2D eigenvalue weighted by Gasteiger charge is 2.30. The first-order chi connectivity index (χ1) is 19.4. The Morgan fingerprint density at radius 2 is 1.68 bits per heavy atom. The maximum atomic E-state index is 12.7. The molecule has 4 N–H and O–H groups in total. The van der Waals surface area contributed by atoms with Gasteiger partial charge in [-0.3, -0.25) is 0 Å². The quantitative estimate of drug-likeness (QED) is 0.198. The number of phenols is 1. The van der Waals surface area contributed by atoms with Gasteiger partial charge in [0.1, 0.15) is 5.75 Å². The number of aliphatic hydroxyl groups excluding tert-OH is 2. The molecule has 0 bridgehead atoms. The van der Waals surface area contributed by atoms with Gasteiger partial charge in [-0.15, -0.1) is 0 Å². The van der Waals surface area contributed by atoms with Crippen molar-refractivity contribution in [1.29, 1.82) is 0 Å². The van der Waals surface area contributed by atoms with Crippen LogP contribution >= 0.6 is 0 Å². The predicted molar refractivity (Wildman–Crippen MR) is 156 cm³/mol. The molecule has 0 aromatic heterocycles. The van der Waals surface area contributed by atoms with Crippen LogP contribution in [0.15, 0.2) is 71.6 Å². The van der Waals surface area contributed by atoms with Gasteiger partial charge in [0.2, 0.25) is 0 Å². The fourth-order valence-corrected chi connectivity index (χ4v) is 7.06. The highest BCUT2D eigenvalue weighted by atomic mass is 32.2. The SMILES string of the molecule is O=S(=O)(c1ccc(CCCOCc2cccc(CCNCC(O)c3ccc(O)c(CO)c3)c2)cc1)C1CCCC1. The van der Waals surface area contributed by atoms with E-state index < -0.39 is 15.9 Å². The molecule has 1 unspecified atom stereocenters. The lowest BCUT2D eigenvalue weighted by molar-refractivity contribution is 0.118. The van der Waals surface area contributed by atoms with E-state index in [1.165, 1.54) is 11.6 Å². The minimum absolute atomic E-state index is 0.0223. The van der Waals surface area contributed by atoms with Gasteiger partial charge in [0.05, 0.1) is 29.5 Å². The normalized spacial score (nSPS) is 14.9. The Morgan fingerprint density at radius 1 is 0.925 bits per heavy atom. The second kappa shape index (κ2) is 14.8. The molecule has 1 aliphatic rings. The van der Waals surface area contributed by atoms with E-state index in [4.69, 9.17) is 4.74 Å². The molecule has 7 nitrogen and oxygen atoms in total. The molecule has 1 aliphatic carbocycles. The first-order valence-electron chi connectivity index (χ1n) is 14.2. The van der Waals surface area contributed by atoms with Gasteiger partial charge in [0.25, 0.3) is 0 Å². The van der Waals surface area contributed by atoms with E-state index in [0.717, 1.165) is 56.1 Å². The Hall–Kier alpha value is -2.75. The third-order valence-electron chi connectivity index (χ3n) is 7.59. The van der Waals surface area contributed by atoms with Crippen LogP contribution in [-0.2, 0) is 40.6 Å². The van der Waals surface area contributed by atoms with Crippen molar-refractivity contribution >= 4 is 9.84 Å². The number of aryl methyl sites for hydroxylation is 1. The molecule has 4 rings (SSSR count). The molecule has 0 heterocycles. The first-order valence-corrected chi connectivity index (χ1v) is 15.7. The smallest absolute Gasteiger partial charge is 0.181 e. The summed E-state index contributed by atoms with van der Waals surface area (Å²) in [6.07, 6.45) is 5.35. The molecule has 1 fully saturated rings. The monoisotopic (exact) mass is 567 g/mol. The summed E-state index contributed by atoms with van der Waals surface area (Å²) >= 11 is 0. The molecule has 0 amide bonds. The van der Waals surface area contributed by atoms with Crippen LogP contribution in [0.4, 0.5) is 0 Å². The fraction of sp³-hybridized carbons (Fsp3) is 0.438. The third-order valence-corrected chi connectivity index (χ3v) is 9.87. The Balaban J connectivity index is 1.13. The van der Waals surface area contributed by atoms with E-state index in [0.29, 0.717) is 42.3 Å². The maximum Gasteiger partial charge on any atom is 0.181 e. The van der Waals surface area contributed by atoms with Crippen molar-refractivity contribution in [3.8, 4) is 5.75 Å². The number of ether oxygens (including phenoxy) is 1. The zero-order chi connectivity index (χ0) is 28.4. The topological polar surface area (TPSA) is 116 Å². The van der Waals surface area contributed by atoms with Gasteiger partial charge in [-0.2, -0.15) is 0 Å². The molecular formula is C32H41NO6S. The number of hydrogen-bond donors (Lipinski definition) is 4. The molecule has 0 aliphatic heterocycles. The third kappa shape index (κ3) is 8.38. The molecule has 0 saturated heterocycles. The van der Waals surface area contributed by atoms with E-state index in [1.54, 1.807) is 24.3 Å². The van der Waals surface area contributed by atoms with Crippen molar-refractivity contribution in [2.45, 2.75) is 74.4 Å². The average molecular weight is 568 g/mol. The van der Waals surface area contributed by atoms with E-state index in [1.807, 2.05) is 24.3 Å². The van der Waals surface area contributed by atoms with Crippen LogP contribution in [0.2, 0.25) is 0 Å². The van der Waals surface area contributed by atoms with Gasteiger partial charge < -0.3 is 25.4 Å². The van der Waals surface area contributed by atoms with Crippen molar-refractivity contribution < 1.29 is 28.5 Å². The second-order valence-electron chi connectivity index (χ2n) is 10.6. The van der Waals surface area contributed by atoms with Crippen LogP contribution in [0, 0.1) is 0 Å². The lowest BCUT2D eigenvalue weighted by Crippen LogP contribution is -2.23. The minimum atomic E-state index is -3.20. The molecule has 1 saturated carbocycles. The zero-order valence-electron chi connectivity index (χ0n) is 23.0. The van der Waals surface area contributed by atoms with E-state index in [9.17, 15) is 23.7 Å². The Kier molecular flexibility index (Phi) is 11.1. The van der Waals surface area contributed by atoms with Crippen molar-refractivity contribution in [2.75, 3.05) is 19.7 Å². The number of benzene rings is 3. The van der Waals surface area contributed by atoms with Gasteiger partial charge in [0.15, 0.2) is 9.84 Å². The Labute approximate surface area is 237 Å². The summed E-state index contributed by atoms with van der Waals surface area (Å²) in [6.45, 7) is 1.96. The van der Waals surface area contributed by atoms with Crippen LogP contribution in [0.5, 0.6) is 5.75 Å². The lowest BCUT2D eigenvalue weighted by atomic mass is 10.0. The standard InChI is InChI=1S/C32H41NO6S/c34-22-28-20-27(12-15-31(28)35)32(36)21-33-17-16-25-5-3-6-26(19-25)23-39-18-4-7-24-10-13-30(14-11-24)40(37,38)29-8-1-2-9-29/h3,5-6,10-15,19-20,29,32-36H,1-2,4,7-9,16-18,21-23H2. The van der Waals surface area contributed by atoms with Crippen LogP contribution < -0.4 is 5.32 Å². The molecule has 0 radical (unpaired) electrons. The van der Waals surface area contributed by atoms with E-state index >= 15 is 0 Å². The van der Waals surface area contributed by atoms with E-state index in [-0.39, 0.29) is 17.6 Å². The molecule has 216 valence electrons. The number of nitrogens with one attached hydrogen (secondary N) is 1. The molecule has 0 spiro atoms. The lowest BCUT2D eigenvalue weighted by Gasteiger charge is -2.14. The van der Waals surface area contributed by atoms with Crippen molar-refractivity contribution in [2.24, 2.45) is 0 Å². The number of rotatable bonds is 15. The Morgan fingerprint density at radius 3 is 2.42 bits per heavy atom. The maximum absolute atomic E-state index is 12.7. The summed E-state index contributed by atoms with van der Waals surface area (Å²) in [4.78, 5) is 0.444. The van der Waals surface area contributed by atoms with Gasteiger partial charge in [-0.05, 0) is 85.2 Å². The highest BCUT2D eigenvalue weighted by molar-refractivity contribution is 7.92. The number of aliphatic hydroxyl groups is 2.